The number of ether oxygens (including phenoxy) is 1. The van der Waals surface area contributed by atoms with Crippen LogP contribution in [0.25, 0.3) is 0 Å². The quantitative estimate of drug-likeness (QED) is 0.813. The van der Waals surface area contributed by atoms with Crippen molar-refractivity contribution in [2.45, 2.75) is 30.5 Å². The van der Waals surface area contributed by atoms with Crippen molar-refractivity contribution in [3.63, 3.8) is 0 Å². The van der Waals surface area contributed by atoms with Gasteiger partial charge in [0.25, 0.3) is 0 Å². The Morgan fingerprint density at radius 3 is 2.37 bits per heavy atom. The van der Waals surface area contributed by atoms with Gasteiger partial charge in [-0.3, -0.25) is 4.79 Å². The van der Waals surface area contributed by atoms with Gasteiger partial charge in [0, 0.05) is 0 Å². The topological polar surface area (TPSA) is 63.7 Å². The van der Waals surface area contributed by atoms with E-state index in [1.54, 1.807) is 30.3 Å². The summed E-state index contributed by atoms with van der Waals surface area (Å²) in [5.74, 6) is -0.586. The lowest BCUT2D eigenvalue weighted by Crippen LogP contribution is -2.43. The fourth-order valence-electron chi connectivity index (χ4n) is 3.69. The first kappa shape index (κ1) is 18.1. The molecule has 0 N–H and O–H groups in total. The largest absolute Gasteiger partial charge is 0.359 e. The van der Waals surface area contributed by atoms with Crippen LogP contribution in [0.2, 0.25) is 0 Å². The van der Waals surface area contributed by atoms with Crippen molar-refractivity contribution in [1.29, 1.82) is 0 Å². The van der Waals surface area contributed by atoms with E-state index < -0.39 is 28.2 Å². The highest BCUT2D eigenvalue weighted by Gasteiger charge is 2.49. The maximum Gasteiger partial charge on any atom is 0.245 e. The molecule has 0 radical (unpaired) electrons. The fraction of sp³-hybridized carbons (Fsp3) is 0.286. The van der Waals surface area contributed by atoms with Gasteiger partial charge in [-0.2, -0.15) is 4.31 Å². The molecule has 0 amide bonds. The summed E-state index contributed by atoms with van der Waals surface area (Å²) in [6.45, 7) is 2.14. The van der Waals surface area contributed by atoms with Gasteiger partial charge in [0.15, 0.2) is 5.78 Å². The molecule has 1 fully saturated rings. The summed E-state index contributed by atoms with van der Waals surface area (Å²) in [4.78, 5) is 12.5. The van der Waals surface area contributed by atoms with Gasteiger partial charge in [0.05, 0.1) is 23.5 Å². The molecule has 6 heteroatoms. The molecule has 0 bridgehead atoms. The lowest BCUT2D eigenvalue weighted by Gasteiger charge is -2.30. The number of ketones is 1. The Kier molecular flexibility index (Phi) is 4.72. The number of rotatable bonds is 4. The van der Waals surface area contributed by atoms with Crippen molar-refractivity contribution in [2.24, 2.45) is 5.92 Å². The number of allylic oxidation sites excluding steroid dienone is 2. The Morgan fingerprint density at radius 2 is 1.74 bits per heavy atom. The second-order valence-electron chi connectivity index (χ2n) is 6.95. The van der Waals surface area contributed by atoms with Crippen LogP contribution in [-0.4, -0.2) is 31.3 Å². The molecule has 1 aliphatic heterocycles. The molecule has 3 atom stereocenters. The molecule has 0 saturated carbocycles. The third-order valence-corrected chi connectivity index (χ3v) is 7.03. The summed E-state index contributed by atoms with van der Waals surface area (Å²) >= 11 is 0. The lowest BCUT2D eigenvalue weighted by atomic mass is 10.0. The summed E-state index contributed by atoms with van der Waals surface area (Å²) in [7, 11) is -3.83. The minimum atomic E-state index is -3.83. The van der Waals surface area contributed by atoms with Crippen molar-refractivity contribution < 1.29 is 17.9 Å². The predicted octanol–water partition coefficient (Wildman–Crippen LogP) is 3.23. The number of aryl methyl sites for hydroxylation is 1. The first-order valence-electron chi connectivity index (χ1n) is 8.95. The zero-order valence-corrected chi connectivity index (χ0v) is 15.8. The van der Waals surface area contributed by atoms with Crippen LogP contribution in [-0.2, 0) is 19.6 Å². The van der Waals surface area contributed by atoms with Crippen molar-refractivity contribution in [2.75, 3.05) is 6.61 Å². The molecule has 140 valence electrons. The molecule has 2 aliphatic rings. The van der Waals surface area contributed by atoms with Crippen LogP contribution in [0, 0.1) is 12.8 Å². The van der Waals surface area contributed by atoms with E-state index >= 15 is 0 Å². The van der Waals surface area contributed by atoms with Crippen LogP contribution in [0.1, 0.15) is 23.6 Å². The van der Waals surface area contributed by atoms with E-state index in [1.807, 2.05) is 37.3 Å². The van der Waals surface area contributed by atoms with E-state index in [4.69, 9.17) is 4.74 Å². The Balaban J connectivity index is 1.78. The second kappa shape index (κ2) is 7.03. The monoisotopic (exact) mass is 383 g/mol. The van der Waals surface area contributed by atoms with E-state index in [0.717, 1.165) is 11.1 Å². The minimum Gasteiger partial charge on any atom is -0.359 e. The minimum absolute atomic E-state index is 0.0854. The van der Waals surface area contributed by atoms with Crippen molar-refractivity contribution in [3.05, 3.63) is 77.9 Å². The van der Waals surface area contributed by atoms with E-state index in [0.29, 0.717) is 6.42 Å². The highest BCUT2D eigenvalue weighted by atomic mass is 32.2. The maximum atomic E-state index is 13.5. The van der Waals surface area contributed by atoms with E-state index in [-0.39, 0.29) is 17.3 Å². The number of carbonyl (C=O) groups is 1. The van der Waals surface area contributed by atoms with Crippen molar-refractivity contribution in [3.8, 4) is 0 Å². The number of hydrogen-bond donors (Lipinski definition) is 0. The molecule has 5 nitrogen and oxygen atoms in total. The SMILES string of the molecule is Cc1ccc(S(=O)(=O)N2[C@@H](c3ccccc3)CO[C@H]2[C@@H]2CC=CC2=O)cc1. The molecule has 1 saturated heterocycles. The van der Waals surface area contributed by atoms with Crippen LogP contribution < -0.4 is 0 Å². The van der Waals surface area contributed by atoms with E-state index in [1.165, 1.54) is 10.4 Å². The maximum absolute atomic E-state index is 13.5. The number of benzene rings is 2. The smallest absolute Gasteiger partial charge is 0.245 e. The average molecular weight is 383 g/mol. The normalized spacial score (nSPS) is 26.0. The van der Waals surface area contributed by atoms with Crippen LogP contribution in [0.3, 0.4) is 0 Å². The van der Waals surface area contributed by atoms with Crippen LogP contribution >= 0.6 is 0 Å². The Morgan fingerprint density at radius 1 is 1.04 bits per heavy atom. The molecular weight excluding hydrogens is 362 g/mol. The zero-order chi connectivity index (χ0) is 19.0. The molecule has 1 heterocycles. The Hall–Kier alpha value is -2.28. The lowest BCUT2D eigenvalue weighted by molar-refractivity contribution is -0.122. The first-order chi connectivity index (χ1) is 13.0. The summed E-state index contributed by atoms with van der Waals surface area (Å²) < 4.78 is 34.3. The summed E-state index contributed by atoms with van der Waals surface area (Å²) in [6, 6.07) is 15.7. The molecule has 1 aliphatic carbocycles. The highest BCUT2D eigenvalue weighted by Crippen LogP contribution is 2.40. The molecule has 2 aromatic rings. The average Bonchev–Trinajstić information content (AvgIpc) is 3.29. The van der Waals surface area contributed by atoms with Gasteiger partial charge in [-0.25, -0.2) is 8.42 Å². The zero-order valence-electron chi connectivity index (χ0n) is 15.0. The Bertz CT molecular complexity index is 967. The number of hydrogen-bond acceptors (Lipinski definition) is 4. The van der Waals surface area contributed by atoms with E-state index in [2.05, 4.69) is 0 Å². The number of carbonyl (C=O) groups excluding carboxylic acids is 1. The van der Waals surface area contributed by atoms with Crippen molar-refractivity contribution in [1.82, 2.24) is 4.31 Å². The van der Waals surface area contributed by atoms with Crippen LogP contribution in [0.15, 0.2) is 71.6 Å². The van der Waals surface area contributed by atoms with Gasteiger partial charge >= 0.3 is 0 Å². The third-order valence-electron chi connectivity index (χ3n) is 5.15. The highest BCUT2D eigenvalue weighted by molar-refractivity contribution is 7.89. The standard InChI is InChI=1S/C21H21NO4S/c1-15-10-12-17(13-11-15)27(24,25)22-19(16-6-3-2-4-7-16)14-26-21(22)18-8-5-9-20(18)23/h2-7,9-13,18-19,21H,8,14H2,1H3/t18-,19-,21+/m1/s1. The second-order valence-corrected chi connectivity index (χ2v) is 8.79. The van der Waals surface area contributed by atoms with Crippen molar-refractivity contribution >= 4 is 15.8 Å². The fourth-order valence-corrected chi connectivity index (χ4v) is 5.41. The summed E-state index contributed by atoms with van der Waals surface area (Å²) in [5.41, 5.74) is 1.84. The molecular formula is C21H21NO4S. The molecule has 2 aromatic carbocycles. The van der Waals surface area contributed by atoms with Crippen LogP contribution in [0.5, 0.6) is 0 Å². The van der Waals surface area contributed by atoms with Gasteiger partial charge in [0.1, 0.15) is 6.23 Å². The van der Waals surface area contributed by atoms with Gasteiger partial charge < -0.3 is 4.74 Å². The predicted molar refractivity (Wildman–Crippen MR) is 101 cm³/mol. The van der Waals surface area contributed by atoms with Crippen LogP contribution in [0.4, 0.5) is 0 Å². The summed E-state index contributed by atoms with van der Waals surface area (Å²) in [5, 5.41) is 0. The summed E-state index contributed by atoms with van der Waals surface area (Å²) in [6.07, 6.45) is 2.98. The molecule has 0 unspecified atom stereocenters. The Labute approximate surface area is 159 Å². The number of sulfonamides is 1. The third kappa shape index (κ3) is 3.25. The van der Waals surface area contributed by atoms with E-state index in [9.17, 15) is 13.2 Å². The van der Waals surface area contributed by atoms with Gasteiger partial charge in [-0.1, -0.05) is 54.1 Å². The first-order valence-corrected chi connectivity index (χ1v) is 10.4. The van der Waals surface area contributed by atoms with Gasteiger partial charge in [0.2, 0.25) is 10.0 Å². The molecule has 0 aromatic heterocycles. The molecule has 4 rings (SSSR count). The van der Waals surface area contributed by atoms with Gasteiger partial charge in [-0.15, -0.1) is 0 Å². The van der Waals surface area contributed by atoms with Gasteiger partial charge in [-0.05, 0) is 37.1 Å². The molecule has 27 heavy (non-hydrogen) atoms. The molecule has 0 spiro atoms. The number of nitrogens with zero attached hydrogens (tertiary/aromatic N) is 1.